The highest BCUT2D eigenvalue weighted by Gasteiger charge is 2.14. The Balaban J connectivity index is 0.000000161. The Labute approximate surface area is 239 Å². The van der Waals surface area contributed by atoms with Crippen LogP contribution in [0.15, 0.2) is 97.6 Å². The van der Waals surface area contributed by atoms with Crippen molar-refractivity contribution in [3.63, 3.8) is 0 Å². The van der Waals surface area contributed by atoms with Crippen molar-refractivity contribution in [3.05, 3.63) is 108 Å². The Kier molecular flexibility index (Phi) is 8.10. The Bertz CT molecular complexity index is 1620. The number of pyridine rings is 2. The van der Waals surface area contributed by atoms with E-state index in [0.29, 0.717) is 32.8 Å². The van der Waals surface area contributed by atoms with Gasteiger partial charge >= 0.3 is 0 Å². The second-order valence-corrected chi connectivity index (χ2v) is 9.12. The molecule has 40 heavy (non-hydrogen) atoms. The van der Waals surface area contributed by atoms with E-state index in [-0.39, 0.29) is 11.9 Å². The molecule has 0 radical (unpaired) electrons. The molecule has 10 nitrogen and oxygen atoms in total. The van der Waals surface area contributed by atoms with Crippen LogP contribution in [0.25, 0.3) is 45.0 Å². The maximum Gasteiger partial charge on any atom is 0.240 e. The third kappa shape index (κ3) is 6.32. The lowest BCUT2D eigenvalue weighted by Crippen LogP contribution is -2.02. The number of hydrogen-bond acceptors (Lipinski definition) is 10. The quantitative estimate of drug-likeness (QED) is 0.272. The van der Waals surface area contributed by atoms with Gasteiger partial charge in [-0.3, -0.25) is 9.97 Å². The van der Waals surface area contributed by atoms with Gasteiger partial charge < -0.3 is 11.5 Å². The Morgan fingerprint density at radius 2 is 0.850 bits per heavy atom. The molecule has 196 valence electrons. The average Bonchev–Trinajstić information content (AvgIpc) is 2.98. The summed E-state index contributed by atoms with van der Waals surface area (Å²) >= 11 is 11.9. The van der Waals surface area contributed by atoms with Crippen molar-refractivity contribution in [1.82, 2.24) is 40.3 Å². The zero-order chi connectivity index (χ0) is 27.9. The largest absolute Gasteiger partial charge is 0.366 e. The highest BCUT2D eigenvalue weighted by Crippen LogP contribution is 2.30. The van der Waals surface area contributed by atoms with Crippen LogP contribution in [-0.4, -0.2) is 40.3 Å². The molecule has 0 aliphatic carbocycles. The van der Waals surface area contributed by atoms with Gasteiger partial charge in [0.2, 0.25) is 11.9 Å². The van der Waals surface area contributed by atoms with Crippen molar-refractivity contribution in [2.45, 2.75) is 0 Å². The van der Waals surface area contributed by atoms with E-state index in [2.05, 4.69) is 40.3 Å². The molecule has 2 aromatic carbocycles. The van der Waals surface area contributed by atoms with Crippen molar-refractivity contribution >= 4 is 35.1 Å². The highest BCUT2D eigenvalue weighted by atomic mass is 35.5. The number of anilines is 2. The second-order valence-electron chi connectivity index (χ2n) is 8.25. The van der Waals surface area contributed by atoms with Gasteiger partial charge in [0.05, 0.1) is 10.0 Å². The van der Waals surface area contributed by atoms with Gasteiger partial charge in [-0.2, -0.15) is 0 Å². The monoisotopic (exact) mass is 566 g/mol. The van der Waals surface area contributed by atoms with E-state index < -0.39 is 0 Å². The topological polar surface area (TPSA) is 155 Å². The van der Waals surface area contributed by atoms with Crippen LogP contribution >= 0.6 is 23.2 Å². The SMILES string of the molecule is Nc1nnc(-c2cncc(Cl)c2)c(-c2ccccc2)n1.Nc1nnc(-c2cncc(Cl)c2)c(-c2ccccc2)n1. The van der Waals surface area contributed by atoms with Gasteiger partial charge in [0, 0.05) is 47.0 Å². The molecule has 0 aliphatic heterocycles. The third-order valence-electron chi connectivity index (χ3n) is 5.46. The maximum absolute atomic E-state index is 5.97. The van der Waals surface area contributed by atoms with E-state index in [1.165, 1.54) is 0 Å². The van der Waals surface area contributed by atoms with E-state index in [1.807, 2.05) is 60.7 Å². The van der Waals surface area contributed by atoms with Crippen molar-refractivity contribution in [2.75, 3.05) is 11.5 Å². The fourth-order valence-electron chi connectivity index (χ4n) is 3.74. The minimum atomic E-state index is 0.127. The first-order valence-electron chi connectivity index (χ1n) is 11.8. The van der Waals surface area contributed by atoms with Gasteiger partial charge in [-0.15, -0.1) is 20.4 Å². The molecule has 0 amide bonds. The molecule has 4 N–H and O–H groups in total. The van der Waals surface area contributed by atoms with Crippen LogP contribution in [0, 0.1) is 0 Å². The molecule has 6 rings (SSSR count). The fourth-order valence-corrected chi connectivity index (χ4v) is 4.09. The smallest absolute Gasteiger partial charge is 0.240 e. The van der Waals surface area contributed by atoms with E-state index in [4.69, 9.17) is 34.7 Å². The van der Waals surface area contributed by atoms with E-state index in [1.54, 1.807) is 36.9 Å². The molecule has 0 bridgehead atoms. The highest BCUT2D eigenvalue weighted by molar-refractivity contribution is 6.31. The molecule has 4 heterocycles. The lowest BCUT2D eigenvalue weighted by molar-refractivity contribution is 0.996. The van der Waals surface area contributed by atoms with Crippen LogP contribution in [0.1, 0.15) is 0 Å². The first-order chi connectivity index (χ1) is 19.5. The standard InChI is InChI=1S/2C14H10ClN5/c2*15-11-6-10(7-17-8-11)13-12(18-14(16)20-19-13)9-4-2-1-3-5-9/h2*1-8H,(H2,16,18,20). The molecule has 0 unspecified atom stereocenters. The van der Waals surface area contributed by atoms with Crippen LogP contribution in [0.5, 0.6) is 0 Å². The first-order valence-corrected chi connectivity index (χ1v) is 12.6. The number of aromatic nitrogens is 8. The average molecular weight is 567 g/mol. The summed E-state index contributed by atoms with van der Waals surface area (Å²) in [6.07, 6.45) is 6.46. The van der Waals surface area contributed by atoms with Gasteiger partial charge in [0.15, 0.2) is 0 Å². The number of nitrogens with two attached hydrogens (primary N) is 2. The molecule has 6 aromatic rings. The summed E-state index contributed by atoms with van der Waals surface area (Å²) < 4.78 is 0. The summed E-state index contributed by atoms with van der Waals surface area (Å²) in [5, 5.41) is 16.9. The lowest BCUT2D eigenvalue weighted by atomic mass is 10.1. The molecule has 0 fully saturated rings. The molecular weight excluding hydrogens is 547 g/mol. The van der Waals surface area contributed by atoms with Crippen LogP contribution < -0.4 is 11.5 Å². The number of rotatable bonds is 4. The van der Waals surface area contributed by atoms with Gasteiger partial charge in [-0.25, -0.2) is 9.97 Å². The fraction of sp³-hybridized carbons (Fsp3) is 0. The number of halogens is 2. The molecule has 0 atom stereocenters. The van der Waals surface area contributed by atoms with E-state index in [9.17, 15) is 0 Å². The summed E-state index contributed by atoms with van der Waals surface area (Å²) in [4.78, 5) is 16.7. The molecule has 4 aromatic heterocycles. The van der Waals surface area contributed by atoms with Gasteiger partial charge in [-0.05, 0) is 12.1 Å². The Morgan fingerprint density at radius 1 is 0.450 bits per heavy atom. The van der Waals surface area contributed by atoms with Crippen LogP contribution in [0.4, 0.5) is 11.9 Å². The maximum atomic E-state index is 5.97. The molecule has 0 spiro atoms. The zero-order valence-corrected chi connectivity index (χ0v) is 22.2. The lowest BCUT2D eigenvalue weighted by Gasteiger charge is -2.07. The van der Waals surface area contributed by atoms with Gasteiger partial charge in [-0.1, -0.05) is 83.9 Å². The molecule has 12 heteroatoms. The summed E-state index contributed by atoms with van der Waals surface area (Å²) in [5.74, 6) is 0.255. The van der Waals surface area contributed by atoms with Crippen molar-refractivity contribution in [3.8, 4) is 45.0 Å². The third-order valence-corrected chi connectivity index (χ3v) is 5.87. The Hall–Kier alpha value is -5.06. The summed E-state index contributed by atoms with van der Waals surface area (Å²) in [6, 6.07) is 22.8. The number of benzene rings is 2. The predicted octanol–water partition coefficient (Wildman–Crippen LogP) is 5.67. The molecule has 0 saturated heterocycles. The number of nitrogen functional groups attached to an aromatic ring is 2. The van der Waals surface area contributed by atoms with Crippen LogP contribution in [0.2, 0.25) is 10.0 Å². The van der Waals surface area contributed by atoms with E-state index >= 15 is 0 Å². The summed E-state index contributed by atoms with van der Waals surface area (Å²) in [5.41, 5.74) is 17.1. The normalized spacial score (nSPS) is 10.4. The first kappa shape index (κ1) is 26.5. The zero-order valence-electron chi connectivity index (χ0n) is 20.7. The predicted molar refractivity (Wildman–Crippen MR) is 156 cm³/mol. The van der Waals surface area contributed by atoms with Crippen molar-refractivity contribution in [2.24, 2.45) is 0 Å². The van der Waals surface area contributed by atoms with Crippen LogP contribution in [-0.2, 0) is 0 Å². The minimum absolute atomic E-state index is 0.127. The van der Waals surface area contributed by atoms with Crippen LogP contribution in [0.3, 0.4) is 0 Å². The van der Waals surface area contributed by atoms with Gasteiger partial charge in [0.1, 0.15) is 22.8 Å². The molecule has 0 saturated carbocycles. The summed E-state index contributed by atoms with van der Waals surface area (Å²) in [7, 11) is 0. The van der Waals surface area contributed by atoms with Gasteiger partial charge in [0.25, 0.3) is 0 Å². The number of nitrogens with zero attached hydrogens (tertiary/aromatic N) is 8. The second kappa shape index (κ2) is 12.2. The summed E-state index contributed by atoms with van der Waals surface area (Å²) in [6.45, 7) is 0. The van der Waals surface area contributed by atoms with Crippen molar-refractivity contribution in [1.29, 1.82) is 0 Å². The Morgan fingerprint density at radius 3 is 1.23 bits per heavy atom. The minimum Gasteiger partial charge on any atom is -0.366 e. The molecular formula is C28H20Cl2N10. The van der Waals surface area contributed by atoms with Crippen molar-refractivity contribution < 1.29 is 0 Å². The number of hydrogen-bond donors (Lipinski definition) is 2. The van der Waals surface area contributed by atoms with E-state index in [0.717, 1.165) is 22.3 Å². The molecule has 0 aliphatic rings.